The fourth-order valence-electron chi connectivity index (χ4n) is 6.53. The number of amides is 3. The molecule has 2 aromatic carbocycles. The van der Waals surface area contributed by atoms with Gasteiger partial charge in [-0.25, -0.2) is 4.39 Å². The molecule has 2 bridgehead atoms. The number of carbonyl (C=O) groups excluding carboxylic acids is 3. The second-order valence-corrected chi connectivity index (χ2v) is 10.3. The lowest BCUT2D eigenvalue weighted by molar-refractivity contribution is -0.131. The molecule has 2 N–H and O–H groups in total. The zero-order chi connectivity index (χ0) is 25.1. The Balaban J connectivity index is 1.42. The molecule has 7 nitrogen and oxygen atoms in total. The molecule has 1 spiro atoms. The van der Waals surface area contributed by atoms with Crippen molar-refractivity contribution in [2.75, 3.05) is 10.2 Å². The van der Waals surface area contributed by atoms with Gasteiger partial charge in [-0.15, -0.1) is 0 Å². The van der Waals surface area contributed by atoms with E-state index < -0.39 is 40.8 Å². The van der Waals surface area contributed by atoms with Crippen LogP contribution in [0.15, 0.2) is 66.7 Å². The molecule has 8 heteroatoms. The van der Waals surface area contributed by atoms with Gasteiger partial charge in [-0.05, 0) is 44.0 Å². The van der Waals surface area contributed by atoms with Gasteiger partial charge in [-0.3, -0.25) is 19.3 Å². The van der Waals surface area contributed by atoms with E-state index >= 15 is 4.39 Å². The van der Waals surface area contributed by atoms with Crippen LogP contribution in [0.2, 0.25) is 0 Å². The average Bonchev–Trinajstić information content (AvgIpc) is 3.60. The van der Waals surface area contributed by atoms with E-state index in [1.165, 1.54) is 23.1 Å². The first kappa shape index (κ1) is 22.9. The first-order valence-corrected chi connectivity index (χ1v) is 12.5. The highest BCUT2D eigenvalue weighted by atomic mass is 19.1. The Morgan fingerprint density at radius 1 is 1.00 bits per heavy atom. The summed E-state index contributed by atoms with van der Waals surface area (Å²) in [6, 6.07) is 13.7. The Hall–Kier alpha value is -3.52. The van der Waals surface area contributed by atoms with Crippen molar-refractivity contribution in [2.45, 2.75) is 55.9 Å². The fourth-order valence-corrected chi connectivity index (χ4v) is 6.53. The van der Waals surface area contributed by atoms with Crippen molar-refractivity contribution in [1.82, 2.24) is 5.32 Å². The van der Waals surface area contributed by atoms with Gasteiger partial charge in [0, 0.05) is 11.7 Å². The predicted molar refractivity (Wildman–Crippen MR) is 131 cm³/mol. The molecule has 0 aromatic heterocycles. The quantitative estimate of drug-likeness (QED) is 0.629. The number of hydrogen-bond acceptors (Lipinski definition) is 4. The van der Waals surface area contributed by atoms with Crippen LogP contribution < -0.4 is 15.5 Å². The van der Waals surface area contributed by atoms with E-state index in [0.29, 0.717) is 5.69 Å². The molecule has 3 fully saturated rings. The Kier molecular flexibility index (Phi) is 5.26. The number of rotatable bonds is 5. The molecule has 3 amide bonds. The largest absolute Gasteiger partial charge is 0.356 e. The summed E-state index contributed by atoms with van der Waals surface area (Å²) >= 11 is 0. The lowest BCUT2D eigenvalue weighted by atomic mass is 9.70. The van der Waals surface area contributed by atoms with Crippen LogP contribution in [0.4, 0.5) is 15.8 Å². The number of para-hydroxylation sites is 2. The monoisotopic (exact) mass is 489 g/mol. The minimum absolute atomic E-state index is 0.000804. The summed E-state index contributed by atoms with van der Waals surface area (Å²) in [5.74, 6) is -3.74. The van der Waals surface area contributed by atoms with Crippen molar-refractivity contribution in [1.29, 1.82) is 0 Å². The molecule has 1 saturated carbocycles. The highest BCUT2D eigenvalue weighted by Gasteiger charge is 2.76. The summed E-state index contributed by atoms with van der Waals surface area (Å²) < 4.78 is 21.5. The molecule has 0 unspecified atom stereocenters. The molecule has 3 heterocycles. The van der Waals surface area contributed by atoms with Gasteiger partial charge in [0.2, 0.25) is 17.7 Å². The van der Waals surface area contributed by atoms with Gasteiger partial charge in [0.05, 0.1) is 23.1 Å². The van der Waals surface area contributed by atoms with E-state index in [2.05, 4.69) is 10.6 Å². The number of nitrogens with one attached hydrogen (secondary N) is 2. The minimum atomic E-state index is -1.38. The number of carbonyl (C=O) groups is 3. The van der Waals surface area contributed by atoms with Crippen LogP contribution in [0.5, 0.6) is 0 Å². The molecule has 2 aromatic rings. The third-order valence-electron chi connectivity index (χ3n) is 8.08. The van der Waals surface area contributed by atoms with Crippen LogP contribution in [0.25, 0.3) is 0 Å². The van der Waals surface area contributed by atoms with Crippen molar-refractivity contribution in [3.8, 4) is 0 Å². The molecule has 5 atom stereocenters. The second-order valence-electron chi connectivity index (χ2n) is 10.3. The maximum Gasteiger partial charge on any atom is 0.246 e. The molecule has 1 aliphatic carbocycles. The van der Waals surface area contributed by atoms with Gasteiger partial charge in [0.25, 0.3) is 0 Å². The number of hydrogen-bond donors (Lipinski definition) is 2. The second kappa shape index (κ2) is 8.27. The Morgan fingerprint density at radius 3 is 2.42 bits per heavy atom. The third kappa shape index (κ3) is 3.31. The highest BCUT2D eigenvalue weighted by Crippen LogP contribution is 2.60. The highest BCUT2D eigenvalue weighted by molar-refractivity contribution is 6.11. The Bertz CT molecular complexity index is 1260. The molecule has 2 saturated heterocycles. The molecule has 0 radical (unpaired) electrons. The van der Waals surface area contributed by atoms with Crippen molar-refractivity contribution < 1.29 is 23.5 Å². The van der Waals surface area contributed by atoms with Crippen molar-refractivity contribution >= 4 is 29.1 Å². The summed E-state index contributed by atoms with van der Waals surface area (Å²) in [5, 5.41) is 5.97. The number of nitrogens with zero attached hydrogens (tertiary/aromatic N) is 1. The first-order valence-electron chi connectivity index (χ1n) is 12.5. The molecular formula is C28H28FN3O4. The van der Waals surface area contributed by atoms with Gasteiger partial charge in [-0.1, -0.05) is 55.3 Å². The van der Waals surface area contributed by atoms with E-state index in [0.717, 1.165) is 25.7 Å². The number of anilines is 2. The summed E-state index contributed by atoms with van der Waals surface area (Å²) in [4.78, 5) is 42.7. The molecule has 186 valence electrons. The van der Waals surface area contributed by atoms with E-state index in [-0.39, 0.29) is 23.5 Å². The molecule has 3 aliphatic heterocycles. The molecular weight excluding hydrogens is 461 g/mol. The predicted octanol–water partition coefficient (Wildman–Crippen LogP) is 3.57. The fraction of sp³-hybridized carbons (Fsp3) is 0.393. The van der Waals surface area contributed by atoms with E-state index in [4.69, 9.17) is 4.74 Å². The van der Waals surface area contributed by atoms with Crippen LogP contribution in [0, 0.1) is 17.7 Å². The number of benzene rings is 2. The van der Waals surface area contributed by atoms with Gasteiger partial charge in [-0.2, -0.15) is 0 Å². The zero-order valence-corrected chi connectivity index (χ0v) is 19.9. The Morgan fingerprint density at radius 2 is 1.69 bits per heavy atom. The normalized spacial score (nSPS) is 32.7. The summed E-state index contributed by atoms with van der Waals surface area (Å²) in [6.45, 7) is 1.76. The topological polar surface area (TPSA) is 87.7 Å². The van der Waals surface area contributed by atoms with Crippen LogP contribution in [0.3, 0.4) is 0 Å². The molecule has 6 rings (SSSR count). The zero-order valence-electron chi connectivity index (χ0n) is 19.9. The van der Waals surface area contributed by atoms with Gasteiger partial charge in [0.1, 0.15) is 17.5 Å². The lowest BCUT2D eigenvalue weighted by Gasteiger charge is -2.33. The van der Waals surface area contributed by atoms with Crippen LogP contribution >= 0.6 is 0 Å². The SMILES string of the molecule is C[C@@]12C=C[C@]3(O1)[C@H](C(=O)N(c1ccccc1F)[C@@H]3C(=O)NC1CCCC1)[C@@H]2C(=O)Nc1ccccc1. The van der Waals surface area contributed by atoms with Crippen LogP contribution in [0.1, 0.15) is 32.6 Å². The number of fused-ring (bicyclic) bond motifs is 1. The van der Waals surface area contributed by atoms with Gasteiger partial charge >= 0.3 is 0 Å². The lowest BCUT2D eigenvalue weighted by Crippen LogP contribution is -2.56. The molecule has 4 aliphatic rings. The first-order chi connectivity index (χ1) is 17.3. The number of halogens is 1. The van der Waals surface area contributed by atoms with Gasteiger partial charge in [0.15, 0.2) is 0 Å². The minimum Gasteiger partial charge on any atom is -0.356 e. The maximum atomic E-state index is 15.0. The van der Waals surface area contributed by atoms with Gasteiger partial charge < -0.3 is 15.4 Å². The maximum absolute atomic E-state index is 15.0. The third-order valence-corrected chi connectivity index (χ3v) is 8.08. The smallest absolute Gasteiger partial charge is 0.246 e. The molecule has 36 heavy (non-hydrogen) atoms. The van der Waals surface area contributed by atoms with E-state index in [1.54, 1.807) is 49.4 Å². The van der Waals surface area contributed by atoms with Crippen LogP contribution in [-0.4, -0.2) is 41.0 Å². The number of ether oxygens (including phenoxy) is 1. The summed E-state index contributed by atoms with van der Waals surface area (Å²) in [5.41, 5.74) is -1.86. The van der Waals surface area contributed by atoms with Crippen molar-refractivity contribution in [2.24, 2.45) is 11.8 Å². The van der Waals surface area contributed by atoms with E-state index in [1.807, 2.05) is 6.07 Å². The average molecular weight is 490 g/mol. The Labute approximate surface area is 208 Å². The van der Waals surface area contributed by atoms with Crippen molar-refractivity contribution in [3.63, 3.8) is 0 Å². The summed E-state index contributed by atoms with van der Waals surface area (Å²) in [6.07, 6.45) is 7.28. The van der Waals surface area contributed by atoms with Crippen molar-refractivity contribution in [3.05, 3.63) is 72.6 Å². The standard InChI is InChI=1S/C28H28FN3O4/c1-27-15-16-28(36-27)22(21(27)24(33)30-17-9-3-2-4-10-17)26(35)32(20-14-8-7-13-19(20)29)23(28)25(34)31-18-11-5-6-12-18/h2-4,7-10,13-16,18,21-23H,5-6,11-12H2,1H3,(H,30,33)(H,31,34)/t21-,22+,23-,27+,28+/m1/s1. The summed E-state index contributed by atoms with van der Waals surface area (Å²) in [7, 11) is 0. The van der Waals surface area contributed by atoms with E-state index in [9.17, 15) is 14.4 Å². The van der Waals surface area contributed by atoms with Crippen LogP contribution in [-0.2, 0) is 19.1 Å².